The zero-order valence-corrected chi connectivity index (χ0v) is 40.4. The fourth-order valence-electron chi connectivity index (χ4n) is 7.54. The number of aliphatic hydroxyl groups excluding tert-OH is 1. The van der Waals surface area contributed by atoms with Crippen LogP contribution < -0.4 is 26.7 Å². The number of hydrogen-bond donors (Lipinski definition) is 5. The van der Waals surface area contributed by atoms with Crippen LogP contribution in [0.15, 0.2) is 67.0 Å². The summed E-state index contributed by atoms with van der Waals surface area (Å²) in [4.78, 5) is 72.5. The van der Waals surface area contributed by atoms with Crippen LogP contribution in [0.2, 0.25) is 0 Å². The lowest BCUT2D eigenvalue weighted by atomic mass is 9.85. The summed E-state index contributed by atoms with van der Waals surface area (Å²) < 4.78 is 43.3. The molecular formula is C49H62F2N10O8. The Balaban J connectivity index is 1.43. The van der Waals surface area contributed by atoms with E-state index < -0.39 is 89.4 Å². The zero-order valence-electron chi connectivity index (χ0n) is 40.4. The summed E-state index contributed by atoms with van der Waals surface area (Å²) in [6, 6.07) is 12.3. The van der Waals surface area contributed by atoms with E-state index in [1.165, 1.54) is 4.68 Å². The molecule has 0 saturated carbocycles. The second-order valence-corrected chi connectivity index (χ2v) is 19.0. The fourth-order valence-corrected chi connectivity index (χ4v) is 7.54. The molecule has 370 valence electrons. The SMILES string of the molecule is COC(=O)NC(C(=O)NC(Cc1ccc(C#Cc2ccc(N3CCN(C(C)=O)CC3)nc2)cc1)C(O)CN(Cc1c(F)cc(-c2ccn(C)n2)cc1F)NC(=O)C(OC(N)=O)C(C)(C)C)C(C)(C)C. The monoisotopic (exact) mass is 956 g/mol. The lowest BCUT2D eigenvalue weighted by Crippen LogP contribution is -2.60. The number of aryl methyl sites for hydroxylation is 1. The molecule has 4 unspecified atom stereocenters. The van der Waals surface area contributed by atoms with E-state index in [4.69, 9.17) is 15.2 Å². The summed E-state index contributed by atoms with van der Waals surface area (Å²) in [5, 5.41) is 22.8. The number of primary amides is 1. The highest BCUT2D eigenvalue weighted by molar-refractivity contribution is 5.87. The minimum Gasteiger partial charge on any atom is -0.453 e. The molecule has 20 heteroatoms. The Morgan fingerprint density at radius 2 is 1.51 bits per heavy atom. The number of piperazine rings is 1. The first-order valence-corrected chi connectivity index (χ1v) is 22.3. The predicted molar refractivity (Wildman–Crippen MR) is 253 cm³/mol. The van der Waals surface area contributed by atoms with Gasteiger partial charge in [0.1, 0.15) is 23.5 Å². The fraction of sp³-hybridized carbons (Fsp3) is 0.449. The van der Waals surface area contributed by atoms with Crippen LogP contribution in [0, 0.1) is 34.3 Å². The topological polar surface area (TPSA) is 227 Å². The van der Waals surface area contributed by atoms with Gasteiger partial charge >= 0.3 is 12.2 Å². The van der Waals surface area contributed by atoms with Crippen molar-refractivity contribution in [2.45, 2.75) is 85.7 Å². The van der Waals surface area contributed by atoms with Gasteiger partial charge in [-0.15, -0.1) is 0 Å². The first-order valence-electron chi connectivity index (χ1n) is 22.3. The van der Waals surface area contributed by atoms with Gasteiger partial charge in [-0.3, -0.25) is 24.5 Å². The van der Waals surface area contributed by atoms with Crippen molar-refractivity contribution in [2.24, 2.45) is 23.6 Å². The number of methoxy groups -OCH3 is 1. The maximum atomic E-state index is 15.9. The van der Waals surface area contributed by atoms with Crippen molar-refractivity contribution in [3.05, 3.63) is 101 Å². The summed E-state index contributed by atoms with van der Waals surface area (Å²) in [6.45, 7) is 13.0. The van der Waals surface area contributed by atoms with E-state index in [9.17, 15) is 29.1 Å². The first-order chi connectivity index (χ1) is 32.4. The summed E-state index contributed by atoms with van der Waals surface area (Å²) in [5.41, 5.74) is 7.97. The minimum absolute atomic E-state index is 0.0134. The van der Waals surface area contributed by atoms with Crippen molar-refractivity contribution in [3.63, 3.8) is 0 Å². The molecule has 0 spiro atoms. The van der Waals surface area contributed by atoms with Crippen molar-refractivity contribution in [2.75, 3.05) is 44.7 Å². The third kappa shape index (κ3) is 14.9. The van der Waals surface area contributed by atoms with Gasteiger partial charge in [-0.05, 0) is 59.9 Å². The number of ether oxygens (including phenoxy) is 2. The molecule has 69 heavy (non-hydrogen) atoms. The number of aromatic nitrogens is 3. The van der Waals surface area contributed by atoms with Crippen LogP contribution in [-0.4, -0.2) is 124 Å². The normalized spacial score (nSPS) is 14.7. The number of amides is 5. The molecule has 0 radical (unpaired) electrons. The highest BCUT2D eigenvalue weighted by atomic mass is 19.1. The molecule has 5 rings (SSSR count). The van der Waals surface area contributed by atoms with E-state index >= 15 is 8.78 Å². The lowest BCUT2D eigenvalue weighted by molar-refractivity contribution is -0.141. The Morgan fingerprint density at radius 3 is 2.03 bits per heavy atom. The number of anilines is 1. The summed E-state index contributed by atoms with van der Waals surface area (Å²) >= 11 is 0. The maximum absolute atomic E-state index is 15.9. The molecule has 4 atom stereocenters. The molecule has 18 nitrogen and oxygen atoms in total. The van der Waals surface area contributed by atoms with E-state index in [2.05, 4.69) is 42.9 Å². The molecular weight excluding hydrogens is 895 g/mol. The van der Waals surface area contributed by atoms with Crippen molar-refractivity contribution >= 4 is 35.7 Å². The van der Waals surface area contributed by atoms with E-state index in [1.54, 1.807) is 103 Å². The summed E-state index contributed by atoms with van der Waals surface area (Å²) in [7, 11) is 2.81. The minimum atomic E-state index is -1.58. The van der Waals surface area contributed by atoms with Crippen LogP contribution in [-0.2, 0) is 43.9 Å². The van der Waals surface area contributed by atoms with Gasteiger partial charge in [-0.1, -0.05) is 65.5 Å². The van der Waals surface area contributed by atoms with Gasteiger partial charge in [-0.2, -0.15) is 5.10 Å². The van der Waals surface area contributed by atoms with Gasteiger partial charge in [0.05, 0.1) is 24.9 Å². The Labute approximate surface area is 400 Å². The Bertz CT molecular complexity index is 2500. The molecule has 1 aliphatic rings. The van der Waals surface area contributed by atoms with Crippen molar-refractivity contribution in [1.29, 1.82) is 0 Å². The zero-order chi connectivity index (χ0) is 50.8. The molecule has 6 N–H and O–H groups in total. The molecule has 0 aliphatic carbocycles. The number of alkyl carbamates (subject to hydrolysis) is 1. The van der Waals surface area contributed by atoms with E-state index in [0.717, 1.165) is 30.1 Å². The van der Waals surface area contributed by atoms with Crippen LogP contribution in [0.4, 0.5) is 24.2 Å². The number of benzene rings is 2. The number of aliphatic hydroxyl groups is 1. The summed E-state index contributed by atoms with van der Waals surface area (Å²) in [5.74, 6) is 3.52. The van der Waals surface area contributed by atoms with E-state index in [-0.39, 0.29) is 17.9 Å². The molecule has 2 aromatic carbocycles. The van der Waals surface area contributed by atoms with Gasteiger partial charge in [-0.25, -0.2) is 28.4 Å². The first kappa shape index (κ1) is 52.9. The molecule has 1 saturated heterocycles. The Kier molecular flexibility index (Phi) is 17.5. The highest BCUT2D eigenvalue weighted by Crippen LogP contribution is 2.27. The van der Waals surface area contributed by atoms with Crippen LogP contribution in [0.25, 0.3) is 11.3 Å². The Hall–Kier alpha value is -7.11. The number of hydrazine groups is 1. The largest absolute Gasteiger partial charge is 0.453 e. The summed E-state index contributed by atoms with van der Waals surface area (Å²) in [6.07, 6.45) is -1.88. The molecule has 2 aromatic heterocycles. The van der Waals surface area contributed by atoms with Crippen LogP contribution in [0.5, 0.6) is 0 Å². The lowest BCUT2D eigenvalue weighted by Gasteiger charge is -2.35. The van der Waals surface area contributed by atoms with Gasteiger partial charge in [0.15, 0.2) is 6.10 Å². The number of hydrogen-bond acceptors (Lipinski definition) is 12. The number of carbonyl (C=O) groups excluding carboxylic acids is 5. The second kappa shape index (κ2) is 22.8. The molecule has 1 fully saturated rings. The number of halogens is 2. The molecule has 1 aliphatic heterocycles. The molecule has 4 aromatic rings. The third-order valence-corrected chi connectivity index (χ3v) is 11.4. The quantitative estimate of drug-likeness (QED) is 0.0842. The average molecular weight is 957 g/mol. The predicted octanol–water partition coefficient (Wildman–Crippen LogP) is 4.03. The van der Waals surface area contributed by atoms with E-state index in [0.29, 0.717) is 48.6 Å². The Morgan fingerprint density at radius 1 is 0.884 bits per heavy atom. The smallest absolute Gasteiger partial charge is 0.407 e. The molecule has 3 heterocycles. The van der Waals surface area contributed by atoms with Gasteiger partial charge in [0, 0.05) is 93.3 Å². The third-order valence-electron chi connectivity index (χ3n) is 11.4. The van der Waals surface area contributed by atoms with Crippen molar-refractivity contribution < 1.29 is 47.3 Å². The van der Waals surface area contributed by atoms with Crippen molar-refractivity contribution in [3.8, 4) is 23.1 Å². The molecule has 5 amide bonds. The van der Waals surface area contributed by atoms with Gasteiger partial charge in [0.25, 0.3) is 5.91 Å². The standard InChI is InChI=1S/C49H62F2N10O8/c1-30(62)59-20-22-60(23-21-59)41-17-16-33(27-53-41)15-12-31-10-13-32(14-11-31)24-39(54-44(64)42(48(2,3)4)55-47(67)68-9)40(63)29-61(57-45(65)43(49(5,6)7)69-46(52)66)28-35-36(50)25-34(26-37(35)51)38-18-19-58(8)56-38/h10-11,13-14,16-19,25-27,39-40,42-43,63H,20-24,28-29H2,1-9H3,(H2,52,66)(H,54,64)(H,55,67)(H,57,65). The number of pyridine rings is 1. The average Bonchev–Trinajstić information content (AvgIpc) is 3.73. The number of carbonyl (C=O) groups is 5. The van der Waals surface area contributed by atoms with Crippen LogP contribution in [0.3, 0.4) is 0 Å². The van der Waals surface area contributed by atoms with Crippen molar-refractivity contribution in [1.82, 2.24) is 40.7 Å². The number of nitrogens with two attached hydrogens (primary N) is 1. The van der Waals surface area contributed by atoms with Crippen LogP contribution in [0.1, 0.15) is 70.7 Å². The van der Waals surface area contributed by atoms with Crippen LogP contribution >= 0.6 is 0 Å². The van der Waals surface area contributed by atoms with Gasteiger partial charge < -0.3 is 40.7 Å². The number of nitrogens with zero attached hydrogens (tertiary/aromatic N) is 6. The number of rotatable bonds is 15. The second-order valence-electron chi connectivity index (χ2n) is 19.0. The molecule has 0 bridgehead atoms. The number of nitrogens with one attached hydrogen (secondary N) is 3. The maximum Gasteiger partial charge on any atom is 0.407 e. The highest BCUT2D eigenvalue weighted by Gasteiger charge is 2.38. The van der Waals surface area contributed by atoms with Gasteiger partial charge in [0.2, 0.25) is 11.8 Å². The van der Waals surface area contributed by atoms with E-state index in [1.807, 2.05) is 12.1 Å².